The molecule has 0 unspecified atom stereocenters. The van der Waals surface area contributed by atoms with E-state index in [2.05, 4.69) is 29.9 Å². The highest BCUT2D eigenvalue weighted by Crippen LogP contribution is 2.23. The highest BCUT2D eigenvalue weighted by molar-refractivity contribution is 6.75. The average molecular weight is 217 g/mol. The van der Waals surface area contributed by atoms with Crippen LogP contribution >= 0.6 is 0 Å². The molecule has 3 heteroatoms. The number of benzene rings is 1. The van der Waals surface area contributed by atoms with Gasteiger partial charge in [0, 0.05) is 22.7 Å². The molecule has 0 radical (unpaired) electrons. The summed E-state index contributed by atoms with van der Waals surface area (Å²) in [7, 11) is -1.44. The molecular formula is C12H15NOSi. The lowest BCUT2D eigenvalue weighted by molar-refractivity contribution is 0.112. The number of carbonyl (C=O) groups is 1. The van der Waals surface area contributed by atoms with Gasteiger partial charge >= 0.3 is 0 Å². The van der Waals surface area contributed by atoms with E-state index in [4.69, 9.17) is 0 Å². The topological polar surface area (TPSA) is 22.0 Å². The predicted molar refractivity (Wildman–Crippen MR) is 66.1 cm³/mol. The Morgan fingerprint density at radius 1 is 1.20 bits per heavy atom. The Morgan fingerprint density at radius 2 is 1.87 bits per heavy atom. The zero-order valence-electron chi connectivity index (χ0n) is 9.32. The molecule has 0 aliphatic heterocycles. The Balaban J connectivity index is 2.82. The Hall–Kier alpha value is -1.35. The predicted octanol–water partition coefficient (Wildman–Crippen LogP) is 3.14. The van der Waals surface area contributed by atoms with Gasteiger partial charge in [0.1, 0.15) is 0 Å². The van der Waals surface area contributed by atoms with Gasteiger partial charge in [-0.25, -0.2) is 0 Å². The lowest BCUT2D eigenvalue weighted by atomic mass is 10.2. The smallest absolute Gasteiger partial charge is 0.152 e. The van der Waals surface area contributed by atoms with Crippen LogP contribution < -0.4 is 0 Å². The van der Waals surface area contributed by atoms with Gasteiger partial charge in [0.15, 0.2) is 14.5 Å². The van der Waals surface area contributed by atoms with Crippen LogP contribution in [0.25, 0.3) is 10.9 Å². The van der Waals surface area contributed by atoms with Crippen LogP contribution in [0.2, 0.25) is 19.6 Å². The van der Waals surface area contributed by atoms with E-state index in [-0.39, 0.29) is 0 Å². The number of rotatable bonds is 2. The van der Waals surface area contributed by atoms with Gasteiger partial charge in [-0.1, -0.05) is 37.8 Å². The second-order valence-electron chi connectivity index (χ2n) is 4.76. The number of para-hydroxylation sites is 1. The van der Waals surface area contributed by atoms with E-state index in [1.165, 1.54) is 5.52 Å². The molecule has 0 aliphatic rings. The van der Waals surface area contributed by atoms with Crippen molar-refractivity contribution in [2.75, 3.05) is 0 Å². The van der Waals surface area contributed by atoms with E-state index in [0.29, 0.717) is 0 Å². The lowest BCUT2D eigenvalue weighted by Crippen LogP contribution is -2.30. The van der Waals surface area contributed by atoms with Crippen molar-refractivity contribution in [2.24, 2.45) is 0 Å². The molecule has 0 aliphatic carbocycles. The van der Waals surface area contributed by atoms with E-state index in [0.717, 1.165) is 17.2 Å². The molecule has 2 rings (SSSR count). The quantitative estimate of drug-likeness (QED) is 0.559. The van der Waals surface area contributed by atoms with Crippen LogP contribution in [-0.4, -0.2) is 18.8 Å². The third kappa shape index (κ3) is 1.63. The summed E-state index contributed by atoms with van der Waals surface area (Å²) in [4.78, 5) is 11.0. The number of nitrogens with zero attached hydrogens (tertiary/aromatic N) is 1. The fraction of sp³-hybridized carbons (Fsp3) is 0.250. The van der Waals surface area contributed by atoms with Gasteiger partial charge in [-0.2, -0.15) is 0 Å². The van der Waals surface area contributed by atoms with Crippen molar-refractivity contribution in [1.82, 2.24) is 4.23 Å². The first-order valence-corrected chi connectivity index (χ1v) is 8.54. The Kier molecular flexibility index (Phi) is 2.27. The van der Waals surface area contributed by atoms with Gasteiger partial charge in [0.2, 0.25) is 0 Å². The first kappa shape index (κ1) is 10.2. The molecular weight excluding hydrogens is 202 g/mol. The third-order valence-corrected chi connectivity index (χ3v) is 4.41. The fourth-order valence-electron chi connectivity index (χ4n) is 1.85. The molecule has 2 nitrogen and oxygen atoms in total. The van der Waals surface area contributed by atoms with Crippen molar-refractivity contribution in [2.45, 2.75) is 19.6 Å². The molecule has 0 N–H and O–H groups in total. The van der Waals surface area contributed by atoms with Crippen LogP contribution in [-0.2, 0) is 0 Å². The maximum Gasteiger partial charge on any atom is 0.152 e. The van der Waals surface area contributed by atoms with Crippen LogP contribution in [0.1, 0.15) is 10.4 Å². The van der Waals surface area contributed by atoms with Crippen molar-refractivity contribution in [3.05, 3.63) is 36.0 Å². The van der Waals surface area contributed by atoms with Crippen molar-refractivity contribution >= 4 is 25.4 Å². The van der Waals surface area contributed by atoms with Crippen LogP contribution in [0, 0.1) is 0 Å². The summed E-state index contributed by atoms with van der Waals surface area (Å²) in [6.07, 6.45) is 2.93. The Bertz CT molecular complexity index is 508. The van der Waals surface area contributed by atoms with Crippen molar-refractivity contribution in [3.63, 3.8) is 0 Å². The number of hydrogen-bond donors (Lipinski definition) is 0. The summed E-state index contributed by atoms with van der Waals surface area (Å²) in [6, 6.07) is 8.09. The van der Waals surface area contributed by atoms with Gasteiger partial charge < -0.3 is 4.23 Å². The highest BCUT2D eigenvalue weighted by atomic mass is 28.3. The summed E-state index contributed by atoms with van der Waals surface area (Å²) in [6.45, 7) is 6.82. The molecule has 0 saturated heterocycles. The molecule has 78 valence electrons. The lowest BCUT2D eigenvalue weighted by Gasteiger charge is -2.19. The molecule has 1 aromatic carbocycles. The zero-order chi connectivity index (χ0) is 11.1. The van der Waals surface area contributed by atoms with Crippen LogP contribution in [0.15, 0.2) is 30.5 Å². The van der Waals surface area contributed by atoms with Crippen LogP contribution in [0.3, 0.4) is 0 Å². The fourth-order valence-corrected chi connectivity index (χ4v) is 3.30. The van der Waals surface area contributed by atoms with Crippen LogP contribution in [0.4, 0.5) is 0 Å². The first-order chi connectivity index (χ1) is 7.04. The van der Waals surface area contributed by atoms with Crippen LogP contribution in [0.5, 0.6) is 0 Å². The molecule has 0 amide bonds. The molecule has 0 bridgehead atoms. The molecule has 1 heterocycles. The minimum absolute atomic E-state index is 0.799. The molecule has 0 fully saturated rings. The monoisotopic (exact) mass is 217 g/mol. The van der Waals surface area contributed by atoms with Gasteiger partial charge in [-0.05, 0) is 6.07 Å². The molecule has 1 aromatic heterocycles. The summed E-state index contributed by atoms with van der Waals surface area (Å²) >= 11 is 0. The number of aromatic nitrogens is 1. The van der Waals surface area contributed by atoms with Gasteiger partial charge in [0.25, 0.3) is 0 Å². The maximum atomic E-state index is 11.0. The summed E-state index contributed by atoms with van der Waals surface area (Å²) < 4.78 is 2.28. The summed E-state index contributed by atoms with van der Waals surface area (Å²) in [5, 5.41) is 1.06. The summed E-state index contributed by atoms with van der Waals surface area (Å²) in [5.41, 5.74) is 1.98. The number of aldehydes is 1. The molecule has 0 saturated carbocycles. The second kappa shape index (κ2) is 3.34. The molecule has 0 spiro atoms. The maximum absolute atomic E-state index is 11.0. The highest BCUT2D eigenvalue weighted by Gasteiger charge is 2.19. The normalized spacial score (nSPS) is 11.9. The van der Waals surface area contributed by atoms with Crippen molar-refractivity contribution in [3.8, 4) is 0 Å². The van der Waals surface area contributed by atoms with Crippen molar-refractivity contribution < 1.29 is 4.79 Å². The van der Waals surface area contributed by atoms with Crippen molar-refractivity contribution in [1.29, 1.82) is 0 Å². The third-order valence-electron chi connectivity index (χ3n) is 2.59. The van der Waals surface area contributed by atoms with E-state index in [9.17, 15) is 4.79 Å². The SMILES string of the molecule is C[Si](C)(C)n1cc(C=O)c2ccccc21. The standard InChI is InChI=1S/C12H15NOSi/c1-15(2,3)13-8-10(9-14)11-6-4-5-7-12(11)13/h4-9H,1-3H3. The molecule has 15 heavy (non-hydrogen) atoms. The first-order valence-electron chi connectivity index (χ1n) is 5.10. The number of carbonyl (C=O) groups excluding carboxylic acids is 1. The Labute approximate surface area is 90.6 Å². The van der Waals surface area contributed by atoms with E-state index < -0.39 is 8.24 Å². The molecule has 0 atom stereocenters. The van der Waals surface area contributed by atoms with Gasteiger partial charge in [-0.3, -0.25) is 4.79 Å². The minimum atomic E-state index is -1.44. The Morgan fingerprint density at radius 3 is 2.47 bits per heavy atom. The van der Waals surface area contributed by atoms with Gasteiger partial charge in [-0.15, -0.1) is 0 Å². The summed E-state index contributed by atoms with van der Waals surface area (Å²) in [5.74, 6) is 0. The molecule has 2 aromatic rings. The number of hydrogen-bond acceptors (Lipinski definition) is 1. The largest absolute Gasteiger partial charge is 0.374 e. The minimum Gasteiger partial charge on any atom is -0.374 e. The zero-order valence-corrected chi connectivity index (χ0v) is 10.3. The van der Waals surface area contributed by atoms with E-state index in [1.54, 1.807) is 0 Å². The number of fused-ring (bicyclic) bond motifs is 1. The average Bonchev–Trinajstić information content (AvgIpc) is 2.55. The van der Waals surface area contributed by atoms with E-state index in [1.807, 2.05) is 24.4 Å². The van der Waals surface area contributed by atoms with Gasteiger partial charge in [0.05, 0.1) is 0 Å². The second-order valence-corrected chi connectivity index (χ2v) is 9.58. The van der Waals surface area contributed by atoms with E-state index >= 15 is 0 Å².